The van der Waals surface area contributed by atoms with Crippen molar-refractivity contribution < 1.29 is 28.5 Å². The average Bonchev–Trinajstić information content (AvgIpc) is 2.91. The largest absolute Gasteiger partial charge is 0.490 e. The van der Waals surface area contributed by atoms with Gasteiger partial charge in [0.2, 0.25) is 0 Å². The summed E-state index contributed by atoms with van der Waals surface area (Å²) in [6, 6.07) is 24.7. The second kappa shape index (κ2) is 13.3. The molecule has 0 spiro atoms. The maximum absolute atomic E-state index is 12.3. The van der Waals surface area contributed by atoms with Crippen molar-refractivity contribution in [2.24, 2.45) is 0 Å². The number of benzene rings is 4. The number of esters is 2. The fourth-order valence-corrected chi connectivity index (χ4v) is 4.84. The van der Waals surface area contributed by atoms with Gasteiger partial charge in [-0.2, -0.15) is 0 Å². The highest BCUT2D eigenvalue weighted by atomic mass is 16.6. The van der Waals surface area contributed by atoms with Gasteiger partial charge in [0.05, 0.1) is 13.2 Å². The zero-order valence-corrected chi connectivity index (χ0v) is 25.6. The van der Waals surface area contributed by atoms with Gasteiger partial charge >= 0.3 is 11.9 Å². The van der Waals surface area contributed by atoms with Crippen LogP contribution in [0.2, 0.25) is 0 Å². The van der Waals surface area contributed by atoms with E-state index < -0.39 is 11.2 Å². The summed E-state index contributed by atoms with van der Waals surface area (Å²) < 4.78 is 23.7. The monoisotopic (exact) mass is 570 g/mol. The van der Waals surface area contributed by atoms with Crippen LogP contribution >= 0.6 is 0 Å². The Kier molecular flexibility index (Phi) is 9.77. The Morgan fingerprint density at radius 3 is 1.76 bits per heavy atom. The molecule has 42 heavy (non-hydrogen) atoms. The molecule has 0 N–H and O–H groups in total. The van der Waals surface area contributed by atoms with E-state index in [-0.39, 0.29) is 24.8 Å². The second-order valence-electron chi connectivity index (χ2n) is 12.4. The first-order valence-electron chi connectivity index (χ1n) is 14.6. The van der Waals surface area contributed by atoms with Crippen LogP contribution in [-0.2, 0) is 19.1 Å². The highest BCUT2D eigenvalue weighted by Crippen LogP contribution is 2.46. The summed E-state index contributed by atoms with van der Waals surface area (Å²) in [5.74, 6) is 0.710. The van der Waals surface area contributed by atoms with Gasteiger partial charge < -0.3 is 18.9 Å². The standard InChI is InChI=1S/C36H42O6/c1-35(2,3)41-31(37)20-12-22-39-30-24-26-15-8-10-18-28(26)33(29-19-11-16-25-14-7-9-17-27(25)29)34(30)40-23-13-21-32(38)42-36(4,5)6/h7-11,14-19,24H,12-13,20-23H2,1-6H3. The van der Waals surface area contributed by atoms with Crippen molar-refractivity contribution in [2.45, 2.75) is 78.4 Å². The van der Waals surface area contributed by atoms with Crippen molar-refractivity contribution in [3.05, 3.63) is 72.8 Å². The molecule has 0 fully saturated rings. The van der Waals surface area contributed by atoms with Gasteiger partial charge in [0.15, 0.2) is 11.5 Å². The van der Waals surface area contributed by atoms with Gasteiger partial charge in [0, 0.05) is 18.4 Å². The van der Waals surface area contributed by atoms with E-state index in [0.717, 1.165) is 32.7 Å². The van der Waals surface area contributed by atoms with E-state index in [9.17, 15) is 9.59 Å². The topological polar surface area (TPSA) is 71.1 Å². The molecule has 0 saturated carbocycles. The van der Waals surface area contributed by atoms with Crippen LogP contribution in [0.25, 0.3) is 32.7 Å². The minimum absolute atomic E-state index is 0.250. The van der Waals surface area contributed by atoms with Crippen LogP contribution in [-0.4, -0.2) is 36.4 Å². The van der Waals surface area contributed by atoms with Gasteiger partial charge in [-0.15, -0.1) is 0 Å². The molecule has 222 valence electrons. The van der Waals surface area contributed by atoms with Crippen molar-refractivity contribution in [3.63, 3.8) is 0 Å². The Hall–Kier alpha value is -4.06. The van der Waals surface area contributed by atoms with E-state index in [1.54, 1.807) is 0 Å². The minimum atomic E-state index is -0.530. The summed E-state index contributed by atoms with van der Waals surface area (Å²) in [7, 11) is 0. The molecule has 0 atom stereocenters. The number of ether oxygens (including phenoxy) is 4. The molecule has 6 heteroatoms. The lowest BCUT2D eigenvalue weighted by Crippen LogP contribution is -2.24. The molecular formula is C36H42O6. The van der Waals surface area contributed by atoms with Crippen LogP contribution in [0.3, 0.4) is 0 Å². The van der Waals surface area contributed by atoms with Crippen LogP contribution in [0, 0.1) is 0 Å². The number of rotatable bonds is 11. The van der Waals surface area contributed by atoms with Crippen molar-refractivity contribution in [1.29, 1.82) is 0 Å². The summed E-state index contributed by atoms with van der Waals surface area (Å²) in [6.07, 6.45) is 1.51. The van der Waals surface area contributed by atoms with E-state index in [1.165, 1.54) is 0 Å². The van der Waals surface area contributed by atoms with Crippen LogP contribution in [0.15, 0.2) is 72.8 Å². The predicted octanol–water partition coefficient (Wildman–Crippen LogP) is 8.66. The maximum Gasteiger partial charge on any atom is 0.306 e. The third-order valence-electron chi connectivity index (χ3n) is 6.42. The number of hydrogen-bond acceptors (Lipinski definition) is 6. The van der Waals surface area contributed by atoms with Crippen LogP contribution in [0.4, 0.5) is 0 Å². The molecule has 0 saturated heterocycles. The molecule has 6 nitrogen and oxygen atoms in total. The van der Waals surface area contributed by atoms with Crippen molar-refractivity contribution in [1.82, 2.24) is 0 Å². The Labute approximate surface area is 248 Å². The summed E-state index contributed by atoms with van der Waals surface area (Å²) in [5, 5.41) is 4.28. The van der Waals surface area contributed by atoms with Crippen LogP contribution < -0.4 is 9.47 Å². The number of fused-ring (bicyclic) bond motifs is 2. The third-order valence-corrected chi connectivity index (χ3v) is 6.42. The minimum Gasteiger partial charge on any atom is -0.490 e. The van der Waals surface area contributed by atoms with Gasteiger partial charge in [0.1, 0.15) is 11.2 Å². The van der Waals surface area contributed by atoms with Gasteiger partial charge in [-0.25, -0.2) is 0 Å². The molecule has 4 aromatic carbocycles. The van der Waals surface area contributed by atoms with Gasteiger partial charge in [-0.3, -0.25) is 9.59 Å². The zero-order valence-electron chi connectivity index (χ0n) is 25.6. The van der Waals surface area contributed by atoms with Crippen molar-refractivity contribution in [2.75, 3.05) is 13.2 Å². The zero-order chi connectivity index (χ0) is 30.3. The first-order chi connectivity index (χ1) is 19.9. The van der Waals surface area contributed by atoms with Gasteiger partial charge in [0.25, 0.3) is 0 Å². The summed E-state index contributed by atoms with van der Waals surface area (Å²) in [6.45, 7) is 11.8. The quantitative estimate of drug-likeness (QED) is 0.133. The Morgan fingerprint density at radius 2 is 1.14 bits per heavy atom. The van der Waals surface area contributed by atoms with Crippen molar-refractivity contribution in [3.8, 4) is 22.6 Å². The Balaban J connectivity index is 1.67. The molecule has 0 heterocycles. The molecule has 0 aliphatic rings. The van der Waals surface area contributed by atoms with Gasteiger partial charge in [-0.05, 0) is 87.6 Å². The molecule has 0 aliphatic heterocycles. The fourth-order valence-electron chi connectivity index (χ4n) is 4.84. The fraction of sp³-hybridized carbons (Fsp3) is 0.389. The van der Waals surface area contributed by atoms with E-state index in [2.05, 4.69) is 36.4 Å². The number of hydrogen-bond donors (Lipinski definition) is 0. The maximum atomic E-state index is 12.3. The number of carbonyl (C=O) groups is 2. The molecule has 0 radical (unpaired) electrons. The predicted molar refractivity (Wildman–Crippen MR) is 168 cm³/mol. The second-order valence-corrected chi connectivity index (χ2v) is 12.4. The molecular weight excluding hydrogens is 528 g/mol. The van der Waals surface area contributed by atoms with Crippen LogP contribution in [0.1, 0.15) is 67.2 Å². The summed E-state index contributed by atoms with van der Waals surface area (Å²) >= 11 is 0. The summed E-state index contributed by atoms with van der Waals surface area (Å²) in [4.78, 5) is 24.6. The normalized spacial score (nSPS) is 11.9. The molecule has 0 amide bonds. The highest BCUT2D eigenvalue weighted by Gasteiger charge is 2.21. The van der Waals surface area contributed by atoms with E-state index in [4.69, 9.17) is 18.9 Å². The molecule has 0 unspecified atom stereocenters. The Bertz CT molecular complexity index is 1540. The Morgan fingerprint density at radius 1 is 0.619 bits per heavy atom. The van der Waals surface area contributed by atoms with E-state index in [1.807, 2.05) is 77.9 Å². The smallest absolute Gasteiger partial charge is 0.306 e. The average molecular weight is 571 g/mol. The van der Waals surface area contributed by atoms with Gasteiger partial charge in [-0.1, -0.05) is 66.7 Å². The molecule has 0 aliphatic carbocycles. The highest BCUT2D eigenvalue weighted by molar-refractivity contribution is 6.08. The van der Waals surface area contributed by atoms with Crippen LogP contribution in [0.5, 0.6) is 11.5 Å². The number of carbonyl (C=O) groups excluding carboxylic acids is 2. The molecule has 4 aromatic rings. The van der Waals surface area contributed by atoms with E-state index >= 15 is 0 Å². The molecule has 0 bridgehead atoms. The molecule has 4 rings (SSSR count). The lowest BCUT2D eigenvalue weighted by atomic mass is 9.92. The van der Waals surface area contributed by atoms with Crippen molar-refractivity contribution >= 4 is 33.5 Å². The van der Waals surface area contributed by atoms with E-state index in [0.29, 0.717) is 37.6 Å². The first kappa shape index (κ1) is 30.9. The summed E-state index contributed by atoms with van der Waals surface area (Å²) in [5.41, 5.74) is 0.914. The first-order valence-corrected chi connectivity index (χ1v) is 14.6. The molecule has 0 aromatic heterocycles. The lowest BCUT2D eigenvalue weighted by Gasteiger charge is -2.21. The lowest BCUT2D eigenvalue weighted by molar-refractivity contribution is -0.156. The SMILES string of the molecule is CC(C)(C)OC(=O)CCCOc1cc2ccccc2c(-c2cccc3ccccc23)c1OCCCC(=O)OC(C)(C)C. The third kappa shape index (κ3) is 8.48.